The predicted molar refractivity (Wildman–Crippen MR) is 176 cm³/mol. The Bertz CT molecular complexity index is 1300. The van der Waals surface area contributed by atoms with Crippen LogP contribution in [0.5, 0.6) is 5.75 Å². The van der Waals surface area contributed by atoms with Crippen molar-refractivity contribution in [1.29, 1.82) is 0 Å². The van der Waals surface area contributed by atoms with Gasteiger partial charge in [0.05, 0.1) is 0 Å². The van der Waals surface area contributed by atoms with Crippen LogP contribution in [0.3, 0.4) is 0 Å². The van der Waals surface area contributed by atoms with Crippen LogP contribution in [0, 0.1) is 11.8 Å². The smallest absolute Gasteiger partial charge is 0.245 e. The third-order valence-electron chi connectivity index (χ3n) is 8.08. The van der Waals surface area contributed by atoms with Gasteiger partial charge in [0.1, 0.15) is 36.5 Å². The van der Waals surface area contributed by atoms with Crippen molar-refractivity contribution in [1.82, 2.24) is 20.4 Å². The maximum absolute atomic E-state index is 14.2. The lowest BCUT2D eigenvalue weighted by Crippen LogP contribution is -2.62. The highest BCUT2D eigenvalue weighted by Gasteiger charge is 2.39. The molecule has 9 heteroatoms. The highest BCUT2D eigenvalue weighted by atomic mass is 16.5. The summed E-state index contributed by atoms with van der Waals surface area (Å²) >= 11 is 0. The molecule has 1 fully saturated rings. The maximum atomic E-state index is 14.2. The van der Waals surface area contributed by atoms with Crippen molar-refractivity contribution in [3.8, 4) is 5.75 Å². The van der Waals surface area contributed by atoms with Gasteiger partial charge in [-0.25, -0.2) is 0 Å². The lowest BCUT2D eigenvalue weighted by Gasteiger charge is -2.37. The van der Waals surface area contributed by atoms with Crippen LogP contribution in [0.25, 0.3) is 0 Å². The van der Waals surface area contributed by atoms with Gasteiger partial charge in [-0.15, -0.1) is 0 Å². The minimum Gasteiger partial charge on any atom is -0.490 e. The van der Waals surface area contributed by atoms with E-state index in [1.165, 1.54) is 9.80 Å². The number of allylic oxidation sites excluding steroid dienone is 1. The Kier molecular flexibility index (Phi) is 13.2. The van der Waals surface area contributed by atoms with Gasteiger partial charge in [-0.3, -0.25) is 19.2 Å². The number of nitrogens with zero attached hydrogens (tertiary/aromatic N) is 2. The fourth-order valence-corrected chi connectivity index (χ4v) is 5.56. The van der Waals surface area contributed by atoms with Crippen LogP contribution >= 0.6 is 0 Å². The van der Waals surface area contributed by atoms with Gasteiger partial charge in [0.25, 0.3) is 0 Å². The van der Waals surface area contributed by atoms with E-state index in [4.69, 9.17) is 4.74 Å². The number of benzene rings is 2. The Morgan fingerprint density at radius 1 is 0.711 bits per heavy atom. The van der Waals surface area contributed by atoms with Crippen molar-refractivity contribution in [3.05, 3.63) is 77.9 Å². The van der Waals surface area contributed by atoms with Gasteiger partial charge < -0.3 is 25.2 Å². The SMILES string of the molecule is C/C=C\COc1ccc(C[C@@H]2NC(=O)[C@H](CC(C)C)N(C)C(=O)[C@H](Cc3ccccc3)NC(=O)[C@H](CC(C)C)N(C)C2=O)cc1. The molecule has 1 aliphatic heterocycles. The molecule has 4 atom stereocenters. The molecule has 0 aromatic heterocycles. The molecule has 1 saturated heterocycles. The molecule has 2 aromatic carbocycles. The first-order chi connectivity index (χ1) is 21.4. The van der Waals surface area contributed by atoms with E-state index < -0.39 is 36.0 Å². The number of hydrogen-bond acceptors (Lipinski definition) is 5. The van der Waals surface area contributed by atoms with E-state index in [0.29, 0.717) is 25.2 Å². The number of carbonyl (C=O) groups is 4. The van der Waals surface area contributed by atoms with Crippen molar-refractivity contribution in [3.63, 3.8) is 0 Å². The van der Waals surface area contributed by atoms with Crippen molar-refractivity contribution in [2.24, 2.45) is 11.8 Å². The maximum Gasteiger partial charge on any atom is 0.245 e. The van der Waals surface area contributed by atoms with Crippen LogP contribution in [0.1, 0.15) is 58.6 Å². The average Bonchev–Trinajstić information content (AvgIpc) is 3.01. The molecule has 0 spiro atoms. The molecule has 3 rings (SSSR count). The lowest BCUT2D eigenvalue weighted by atomic mass is 9.96. The molecule has 45 heavy (non-hydrogen) atoms. The molecule has 0 aliphatic carbocycles. The summed E-state index contributed by atoms with van der Waals surface area (Å²) in [5.41, 5.74) is 1.70. The molecule has 0 radical (unpaired) electrons. The van der Waals surface area contributed by atoms with Gasteiger partial charge in [0.2, 0.25) is 23.6 Å². The lowest BCUT2D eigenvalue weighted by molar-refractivity contribution is -0.148. The number of rotatable bonds is 11. The van der Waals surface area contributed by atoms with Gasteiger partial charge >= 0.3 is 0 Å². The van der Waals surface area contributed by atoms with Crippen LogP contribution < -0.4 is 15.4 Å². The normalized spacial score (nSPS) is 22.0. The molecule has 244 valence electrons. The van der Waals surface area contributed by atoms with Crippen molar-refractivity contribution < 1.29 is 23.9 Å². The molecule has 2 N–H and O–H groups in total. The van der Waals surface area contributed by atoms with E-state index in [-0.39, 0.29) is 36.5 Å². The number of nitrogens with one attached hydrogen (secondary N) is 2. The summed E-state index contributed by atoms with van der Waals surface area (Å²) in [6, 6.07) is 13.4. The van der Waals surface area contributed by atoms with E-state index in [1.807, 2.05) is 101 Å². The summed E-state index contributed by atoms with van der Waals surface area (Å²) in [5.74, 6) is -0.633. The monoisotopic (exact) mass is 618 g/mol. The Hall–Kier alpha value is -4.14. The first kappa shape index (κ1) is 35.3. The second kappa shape index (κ2) is 16.8. The molecular formula is C36H50N4O5. The second-order valence-corrected chi connectivity index (χ2v) is 12.7. The zero-order valence-electron chi connectivity index (χ0n) is 27.8. The van der Waals surface area contributed by atoms with Crippen LogP contribution in [0.15, 0.2) is 66.7 Å². The van der Waals surface area contributed by atoms with Crippen molar-refractivity contribution in [2.75, 3.05) is 20.7 Å². The average molecular weight is 619 g/mol. The summed E-state index contributed by atoms with van der Waals surface area (Å²) < 4.78 is 5.71. The quantitative estimate of drug-likeness (QED) is 0.368. The number of likely N-dealkylation sites (N-methyl/N-ethyl adjacent to an activating group) is 2. The summed E-state index contributed by atoms with van der Waals surface area (Å²) in [6.45, 7) is 10.3. The standard InChI is InChI=1S/C36H50N4O5/c1-8-9-19-45-28-17-15-27(16-18-28)23-30-36(44)40(7)31(20-24(2)3)33(41)37-29(22-26-13-11-10-12-14-26)35(43)39(6)32(21-25(4)5)34(42)38-30/h8-18,24-25,29-32H,19-23H2,1-7H3,(H,37,41)(H,38,42)/b9-8-/t29-,30-,31-,32-/m0/s1. The molecule has 2 aromatic rings. The zero-order chi connectivity index (χ0) is 33.1. The minimum absolute atomic E-state index is 0.0911. The van der Waals surface area contributed by atoms with Gasteiger partial charge in [-0.1, -0.05) is 82.3 Å². The highest BCUT2D eigenvalue weighted by molar-refractivity contribution is 5.97. The first-order valence-corrected chi connectivity index (χ1v) is 15.9. The Morgan fingerprint density at radius 2 is 1.16 bits per heavy atom. The van der Waals surface area contributed by atoms with Gasteiger partial charge in [0, 0.05) is 26.9 Å². The molecule has 0 bridgehead atoms. The summed E-state index contributed by atoms with van der Waals surface area (Å²) in [4.78, 5) is 59.0. The first-order valence-electron chi connectivity index (χ1n) is 15.9. The van der Waals surface area contributed by atoms with E-state index in [2.05, 4.69) is 10.6 Å². The van der Waals surface area contributed by atoms with E-state index in [0.717, 1.165) is 11.1 Å². The summed E-state index contributed by atoms with van der Waals surface area (Å²) in [6.07, 6.45) is 5.08. The molecule has 4 amide bonds. The third kappa shape index (κ3) is 10.2. The van der Waals surface area contributed by atoms with Crippen LogP contribution in [0.2, 0.25) is 0 Å². The topological polar surface area (TPSA) is 108 Å². The minimum atomic E-state index is -0.947. The van der Waals surface area contributed by atoms with Gasteiger partial charge in [-0.05, 0) is 54.9 Å². The van der Waals surface area contributed by atoms with Crippen molar-refractivity contribution in [2.45, 2.75) is 84.5 Å². The molecule has 9 nitrogen and oxygen atoms in total. The summed E-state index contributed by atoms with van der Waals surface area (Å²) in [7, 11) is 3.20. The number of amides is 4. The third-order valence-corrected chi connectivity index (χ3v) is 8.08. The summed E-state index contributed by atoms with van der Waals surface area (Å²) in [5, 5.41) is 5.96. The Morgan fingerprint density at radius 3 is 1.58 bits per heavy atom. The van der Waals surface area contributed by atoms with E-state index >= 15 is 0 Å². The predicted octanol–water partition coefficient (Wildman–Crippen LogP) is 4.16. The van der Waals surface area contributed by atoms with E-state index in [9.17, 15) is 19.2 Å². The van der Waals surface area contributed by atoms with Crippen LogP contribution in [-0.4, -0.2) is 78.3 Å². The van der Waals surface area contributed by atoms with Gasteiger partial charge in [-0.2, -0.15) is 0 Å². The fourth-order valence-electron chi connectivity index (χ4n) is 5.56. The van der Waals surface area contributed by atoms with Crippen molar-refractivity contribution >= 4 is 23.6 Å². The van der Waals surface area contributed by atoms with E-state index in [1.54, 1.807) is 14.1 Å². The van der Waals surface area contributed by atoms with Crippen LogP contribution in [0.4, 0.5) is 0 Å². The number of ether oxygens (including phenoxy) is 1. The molecular weight excluding hydrogens is 568 g/mol. The Balaban J connectivity index is 2.01. The fraction of sp³-hybridized carbons (Fsp3) is 0.500. The molecule has 0 saturated carbocycles. The number of hydrogen-bond donors (Lipinski definition) is 2. The number of carbonyl (C=O) groups excluding carboxylic acids is 4. The molecule has 1 aliphatic rings. The second-order valence-electron chi connectivity index (χ2n) is 12.7. The molecule has 1 heterocycles. The van der Waals surface area contributed by atoms with Crippen LogP contribution in [-0.2, 0) is 32.0 Å². The Labute approximate surface area is 268 Å². The van der Waals surface area contributed by atoms with Gasteiger partial charge in [0.15, 0.2) is 0 Å². The highest BCUT2D eigenvalue weighted by Crippen LogP contribution is 2.20. The largest absolute Gasteiger partial charge is 0.490 e. The zero-order valence-corrected chi connectivity index (χ0v) is 27.8. The molecule has 0 unspecified atom stereocenters.